The molecule has 1 aliphatic heterocycles. The summed E-state index contributed by atoms with van der Waals surface area (Å²) in [5.41, 5.74) is 3.02. The summed E-state index contributed by atoms with van der Waals surface area (Å²) >= 11 is 0. The highest BCUT2D eigenvalue weighted by Crippen LogP contribution is 2.41. The number of amides is 1. The number of aliphatic hydroxyl groups excluding tert-OH is 1. The summed E-state index contributed by atoms with van der Waals surface area (Å²) in [5.74, 6) is 0.364. The molecule has 1 aliphatic rings. The van der Waals surface area contributed by atoms with Crippen LogP contribution in [0.1, 0.15) is 34.7 Å². The van der Waals surface area contributed by atoms with E-state index in [2.05, 4.69) is 0 Å². The van der Waals surface area contributed by atoms with E-state index in [1.165, 1.54) is 0 Å². The molecule has 0 saturated carbocycles. The maximum atomic E-state index is 13.5. The molecule has 7 nitrogen and oxygen atoms in total. The molecule has 1 atom stereocenters. The van der Waals surface area contributed by atoms with Crippen molar-refractivity contribution in [3.05, 3.63) is 131 Å². The van der Waals surface area contributed by atoms with Crippen molar-refractivity contribution in [1.82, 2.24) is 9.80 Å². The first kappa shape index (κ1) is 29.6. The minimum absolute atomic E-state index is 0.0593. The van der Waals surface area contributed by atoms with Gasteiger partial charge in [-0.15, -0.1) is 0 Å². The molecule has 4 aromatic rings. The highest BCUT2D eigenvalue weighted by molar-refractivity contribution is 6.46. The number of rotatable bonds is 11. The van der Waals surface area contributed by atoms with Crippen molar-refractivity contribution in [3.63, 3.8) is 0 Å². The fourth-order valence-corrected chi connectivity index (χ4v) is 5.24. The first-order chi connectivity index (χ1) is 20.8. The number of aryl methyl sites for hydroxylation is 1. The van der Waals surface area contributed by atoms with Crippen molar-refractivity contribution < 1.29 is 24.2 Å². The Labute approximate surface area is 252 Å². The number of ether oxygens (including phenoxy) is 2. The van der Waals surface area contributed by atoms with Gasteiger partial charge >= 0.3 is 0 Å². The molecule has 1 heterocycles. The largest absolute Gasteiger partial charge is 0.507 e. The van der Waals surface area contributed by atoms with Crippen LogP contribution < -0.4 is 9.47 Å². The number of hydrogen-bond acceptors (Lipinski definition) is 6. The fourth-order valence-electron chi connectivity index (χ4n) is 5.24. The van der Waals surface area contributed by atoms with Crippen molar-refractivity contribution in [1.29, 1.82) is 0 Å². The second kappa shape index (κ2) is 13.4. The number of carbonyl (C=O) groups is 2. The molecule has 1 fully saturated rings. The Hall–Kier alpha value is -4.88. The quantitative estimate of drug-likeness (QED) is 0.121. The maximum absolute atomic E-state index is 13.5. The Morgan fingerprint density at radius 3 is 2.26 bits per heavy atom. The lowest BCUT2D eigenvalue weighted by Crippen LogP contribution is -2.32. The molecule has 7 heteroatoms. The second-order valence-electron chi connectivity index (χ2n) is 10.9. The van der Waals surface area contributed by atoms with Crippen LogP contribution in [0.2, 0.25) is 0 Å². The van der Waals surface area contributed by atoms with Crippen molar-refractivity contribution in [3.8, 4) is 17.2 Å². The highest BCUT2D eigenvalue weighted by atomic mass is 16.5. The number of para-hydroxylation sites is 1. The zero-order chi connectivity index (χ0) is 30.3. The van der Waals surface area contributed by atoms with Gasteiger partial charge in [0.05, 0.1) is 11.6 Å². The second-order valence-corrected chi connectivity index (χ2v) is 10.9. The SMILES string of the molecule is Cc1cc(C(O)=C2C(=O)C(=O)N(CCCN(C)C)[C@@H]2c2cccc(Oc3ccccc3)c2)ccc1OCc1ccccc1. The molecule has 1 saturated heterocycles. The number of hydrogen-bond donors (Lipinski definition) is 1. The third kappa shape index (κ3) is 6.96. The minimum Gasteiger partial charge on any atom is -0.507 e. The van der Waals surface area contributed by atoms with Gasteiger partial charge in [0.1, 0.15) is 29.6 Å². The molecule has 5 rings (SSSR count). The van der Waals surface area contributed by atoms with Gasteiger partial charge in [-0.3, -0.25) is 9.59 Å². The van der Waals surface area contributed by atoms with Gasteiger partial charge in [-0.1, -0.05) is 60.7 Å². The van der Waals surface area contributed by atoms with Crippen molar-refractivity contribution in [2.75, 3.05) is 27.2 Å². The number of carbonyl (C=O) groups excluding carboxylic acids is 2. The Morgan fingerprint density at radius 2 is 1.56 bits per heavy atom. The molecule has 0 unspecified atom stereocenters. The maximum Gasteiger partial charge on any atom is 0.295 e. The van der Waals surface area contributed by atoms with Crippen LogP contribution >= 0.6 is 0 Å². The van der Waals surface area contributed by atoms with Crippen LogP contribution in [0.4, 0.5) is 0 Å². The van der Waals surface area contributed by atoms with E-state index in [0.29, 0.717) is 47.9 Å². The molecule has 1 N–H and O–H groups in total. The Bertz CT molecular complexity index is 1620. The van der Waals surface area contributed by atoms with Crippen LogP contribution in [-0.2, 0) is 16.2 Å². The zero-order valence-corrected chi connectivity index (χ0v) is 24.7. The van der Waals surface area contributed by atoms with E-state index < -0.39 is 17.7 Å². The molecule has 1 amide bonds. The van der Waals surface area contributed by atoms with E-state index >= 15 is 0 Å². The van der Waals surface area contributed by atoms with E-state index in [1.807, 2.05) is 111 Å². The summed E-state index contributed by atoms with van der Waals surface area (Å²) in [6, 6.07) is 31.1. The standard InChI is InChI=1S/C36H36N2O5/c1-25-22-28(18-19-31(25)42-24-26-12-6-4-7-13-26)34(39)32-33(38(36(41)35(32)40)21-11-20-37(2)3)27-14-10-17-30(23-27)43-29-15-8-5-9-16-29/h4-10,12-19,22-23,33,39H,11,20-21,24H2,1-3H3/t33-/m1/s1. The van der Waals surface area contributed by atoms with Gasteiger partial charge in [-0.05, 0) is 93.1 Å². The minimum atomic E-state index is -0.768. The Kier molecular flexibility index (Phi) is 9.23. The number of aliphatic hydroxyl groups is 1. The van der Waals surface area contributed by atoms with Gasteiger partial charge in [0, 0.05) is 12.1 Å². The lowest BCUT2D eigenvalue weighted by molar-refractivity contribution is -0.139. The third-order valence-electron chi connectivity index (χ3n) is 7.38. The van der Waals surface area contributed by atoms with Gasteiger partial charge in [-0.2, -0.15) is 0 Å². The molecular weight excluding hydrogens is 540 g/mol. The topological polar surface area (TPSA) is 79.3 Å². The molecule has 220 valence electrons. The van der Waals surface area contributed by atoms with Gasteiger partial charge in [0.2, 0.25) is 0 Å². The fraction of sp³-hybridized carbons (Fsp3) is 0.222. The third-order valence-corrected chi connectivity index (χ3v) is 7.38. The first-order valence-electron chi connectivity index (χ1n) is 14.4. The van der Waals surface area contributed by atoms with Crippen LogP contribution in [0.25, 0.3) is 5.76 Å². The summed E-state index contributed by atoms with van der Waals surface area (Å²) < 4.78 is 12.1. The van der Waals surface area contributed by atoms with Crippen molar-refractivity contribution in [2.24, 2.45) is 0 Å². The highest BCUT2D eigenvalue weighted by Gasteiger charge is 2.46. The normalized spacial score (nSPS) is 16.1. The van der Waals surface area contributed by atoms with E-state index in [4.69, 9.17) is 9.47 Å². The van der Waals surface area contributed by atoms with Gasteiger partial charge < -0.3 is 24.4 Å². The number of likely N-dealkylation sites (tertiary alicyclic amines) is 1. The summed E-state index contributed by atoms with van der Waals surface area (Å²) in [4.78, 5) is 30.5. The summed E-state index contributed by atoms with van der Waals surface area (Å²) in [6.07, 6.45) is 0.670. The molecule has 0 aromatic heterocycles. The molecule has 43 heavy (non-hydrogen) atoms. The van der Waals surface area contributed by atoms with Crippen molar-refractivity contribution in [2.45, 2.75) is 26.0 Å². The number of ketones is 1. The number of nitrogens with zero attached hydrogens (tertiary/aromatic N) is 2. The van der Waals surface area contributed by atoms with E-state index in [9.17, 15) is 14.7 Å². The molecular formula is C36H36N2O5. The smallest absolute Gasteiger partial charge is 0.295 e. The lowest BCUT2D eigenvalue weighted by Gasteiger charge is -2.26. The van der Waals surface area contributed by atoms with Crippen LogP contribution in [0.5, 0.6) is 17.2 Å². The Balaban J connectivity index is 1.49. The number of Topliss-reactive ketones (excluding diaryl/α,β-unsaturated/α-hetero) is 1. The van der Waals surface area contributed by atoms with Crippen LogP contribution in [0, 0.1) is 6.92 Å². The summed E-state index contributed by atoms with van der Waals surface area (Å²) in [7, 11) is 3.93. The van der Waals surface area contributed by atoms with Gasteiger partial charge in [0.25, 0.3) is 11.7 Å². The average molecular weight is 577 g/mol. The number of benzene rings is 4. The van der Waals surface area contributed by atoms with E-state index in [1.54, 1.807) is 23.1 Å². The molecule has 4 aromatic carbocycles. The van der Waals surface area contributed by atoms with E-state index in [0.717, 1.165) is 17.7 Å². The average Bonchev–Trinajstić information content (AvgIpc) is 3.26. The summed E-state index contributed by atoms with van der Waals surface area (Å²) in [6.45, 7) is 3.40. The van der Waals surface area contributed by atoms with Crippen molar-refractivity contribution >= 4 is 17.4 Å². The summed E-state index contributed by atoms with van der Waals surface area (Å²) in [5, 5.41) is 11.6. The first-order valence-corrected chi connectivity index (χ1v) is 14.4. The van der Waals surface area contributed by atoms with Crippen LogP contribution in [0.3, 0.4) is 0 Å². The predicted molar refractivity (Wildman–Crippen MR) is 167 cm³/mol. The predicted octanol–water partition coefficient (Wildman–Crippen LogP) is 6.74. The molecule has 0 aliphatic carbocycles. The van der Waals surface area contributed by atoms with E-state index in [-0.39, 0.29) is 11.3 Å². The zero-order valence-electron chi connectivity index (χ0n) is 24.7. The lowest BCUT2D eigenvalue weighted by atomic mass is 9.94. The molecule has 0 bridgehead atoms. The van der Waals surface area contributed by atoms with Crippen LogP contribution in [-0.4, -0.2) is 53.8 Å². The Morgan fingerprint density at radius 1 is 0.860 bits per heavy atom. The monoisotopic (exact) mass is 576 g/mol. The molecule has 0 radical (unpaired) electrons. The van der Waals surface area contributed by atoms with Crippen LogP contribution in [0.15, 0.2) is 109 Å². The van der Waals surface area contributed by atoms with Gasteiger partial charge in [0.15, 0.2) is 0 Å². The van der Waals surface area contributed by atoms with Gasteiger partial charge in [-0.25, -0.2) is 0 Å². The molecule has 0 spiro atoms.